The van der Waals surface area contributed by atoms with E-state index in [-0.39, 0.29) is 6.10 Å². The molecule has 1 atom stereocenters. The molecule has 0 saturated carbocycles. The second-order valence-electron chi connectivity index (χ2n) is 4.63. The first-order chi connectivity index (χ1) is 9.18. The summed E-state index contributed by atoms with van der Waals surface area (Å²) in [5, 5.41) is 12.9. The van der Waals surface area contributed by atoms with Crippen LogP contribution in [-0.4, -0.2) is 48.7 Å². The SMILES string of the molecule is CC(C)OCCOCC(O)CNCc1ccncc1. The molecular formula is C14H24N2O3. The van der Waals surface area contributed by atoms with Gasteiger partial charge in [0, 0.05) is 25.5 Å². The Morgan fingerprint density at radius 3 is 2.68 bits per heavy atom. The maximum Gasteiger partial charge on any atom is 0.0897 e. The van der Waals surface area contributed by atoms with Gasteiger partial charge in [0.05, 0.1) is 32.0 Å². The predicted octanol–water partition coefficient (Wildman–Crippen LogP) is 0.974. The van der Waals surface area contributed by atoms with Crippen LogP contribution in [-0.2, 0) is 16.0 Å². The minimum Gasteiger partial charge on any atom is -0.389 e. The highest BCUT2D eigenvalue weighted by Crippen LogP contribution is 1.95. The van der Waals surface area contributed by atoms with Gasteiger partial charge in [0.1, 0.15) is 0 Å². The fraction of sp³-hybridized carbons (Fsp3) is 0.643. The third-order valence-electron chi connectivity index (χ3n) is 2.45. The molecule has 0 fully saturated rings. The van der Waals surface area contributed by atoms with Gasteiger partial charge in [-0.05, 0) is 31.5 Å². The molecule has 2 N–H and O–H groups in total. The second-order valence-corrected chi connectivity index (χ2v) is 4.63. The summed E-state index contributed by atoms with van der Waals surface area (Å²) in [7, 11) is 0. The van der Waals surface area contributed by atoms with E-state index in [4.69, 9.17) is 9.47 Å². The molecule has 1 heterocycles. The van der Waals surface area contributed by atoms with Gasteiger partial charge >= 0.3 is 0 Å². The van der Waals surface area contributed by atoms with Crippen LogP contribution in [0.2, 0.25) is 0 Å². The predicted molar refractivity (Wildman–Crippen MR) is 73.9 cm³/mol. The minimum absolute atomic E-state index is 0.218. The molecule has 0 amide bonds. The van der Waals surface area contributed by atoms with Crippen molar-refractivity contribution in [3.8, 4) is 0 Å². The van der Waals surface area contributed by atoms with E-state index in [1.54, 1.807) is 12.4 Å². The van der Waals surface area contributed by atoms with Gasteiger partial charge in [-0.1, -0.05) is 0 Å². The van der Waals surface area contributed by atoms with Crippen molar-refractivity contribution in [1.82, 2.24) is 10.3 Å². The Morgan fingerprint density at radius 1 is 1.26 bits per heavy atom. The zero-order valence-electron chi connectivity index (χ0n) is 11.7. The van der Waals surface area contributed by atoms with Crippen molar-refractivity contribution in [1.29, 1.82) is 0 Å². The van der Waals surface area contributed by atoms with Gasteiger partial charge in [0.15, 0.2) is 0 Å². The average Bonchev–Trinajstić information content (AvgIpc) is 2.39. The van der Waals surface area contributed by atoms with Crippen LogP contribution in [0.15, 0.2) is 24.5 Å². The molecule has 0 spiro atoms. The molecule has 19 heavy (non-hydrogen) atoms. The number of aromatic nitrogens is 1. The summed E-state index contributed by atoms with van der Waals surface area (Å²) < 4.78 is 10.7. The molecule has 1 aromatic rings. The van der Waals surface area contributed by atoms with Crippen molar-refractivity contribution < 1.29 is 14.6 Å². The number of hydrogen-bond acceptors (Lipinski definition) is 5. The largest absolute Gasteiger partial charge is 0.389 e. The maximum atomic E-state index is 9.70. The molecule has 0 aliphatic heterocycles. The fourth-order valence-corrected chi connectivity index (χ4v) is 1.50. The normalized spacial score (nSPS) is 12.8. The lowest BCUT2D eigenvalue weighted by molar-refractivity contribution is -0.0100. The van der Waals surface area contributed by atoms with Crippen LogP contribution in [0, 0.1) is 0 Å². The number of ether oxygens (including phenoxy) is 2. The van der Waals surface area contributed by atoms with Crippen LogP contribution in [0.25, 0.3) is 0 Å². The quantitative estimate of drug-likeness (QED) is 0.619. The Morgan fingerprint density at radius 2 is 2.00 bits per heavy atom. The Bertz CT molecular complexity index is 320. The van der Waals surface area contributed by atoms with E-state index in [0.29, 0.717) is 26.4 Å². The first-order valence-electron chi connectivity index (χ1n) is 6.65. The lowest BCUT2D eigenvalue weighted by Gasteiger charge is -2.13. The van der Waals surface area contributed by atoms with Crippen molar-refractivity contribution in [3.63, 3.8) is 0 Å². The number of aliphatic hydroxyl groups is 1. The Labute approximate surface area is 115 Å². The van der Waals surface area contributed by atoms with Crippen LogP contribution in [0.4, 0.5) is 0 Å². The van der Waals surface area contributed by atoms with E-state index in [1.807, 2.05) is 26.0 Å². The molecule has 0 aliphatic carbocycles. The molecule has 0 aliphatic rings. The summed E-state index contributed by atoms with van der Waals surface area (Å²) in [6.07, 6.45) is 3.23. The lowest BCUT2D eigenvalue weighted by atomic mass is 10.2. The van der Waals surface area contributed by atoms with E-state index in [9.17, 15) is 5.11 Å². The molecule has 5 heteroatoms. The number of nitrogens with zero attached hydrogens (tertiary/aromatic N) is 1. The Kier molecular flexibility index (Phi) is 8.33. The first-order valence-corrected chi connectivity index (χ1v) is 6.65. The minimum atomic E-state index is -0.499. The zero-order valence-corrected chi connectivity index (χ0v) is 11.7. The third kappa shape index (κ3) is 8.67. The fourth-order valence-electron chi connectivity index (χ4n) is 1.50. The van der Waals surface area contributed by atoms with Crippen molar-refractivity contribution in [2.75, 3.05) is 26.4 Å². The van der Waals surface area contributed by atoms with Crippen molar-refractivity contribution >= 4 is 0 Å². The summed E-state index contributed by atoms with van der Waals surface area (Å²) in [6.45, 7) is 6.60. The number of pyridine rings is 1. The molecule has 1 rings (SSSR count). The van der Waals surface area contributed by atoms with E-state index >= 15 is 0 Å². The van der Waals surface area contributed by atoms with Gasteiger partial charge in [0.2, 0.25) is 0 Å². The van der Waals surface area contributed by atoms with Crippen LogP contribution < -0.4 is 5.32 Å². The van der Waals surface area contributed by atoms with E-state index in [2.05, 4.69) is 10.3 Å². The van der Waals surface area contributed by atoms with E-state index in [1.165, 1.54) is 0 Å². The topological polar surface area (TPSA) is 63.6 Å². The van der Waals surface area contributed by atoms with Crippen molar-refractivity contribution in [3.05, 3.63) is 30.1 Å². The van der Waals surface area contributed by atoms with Crippen LogP contribution in [0.1, 0.15) is 19.4 Å². The van der Waals surface area contributed by atoms with Crippen LogP contribution in [0.5, 0.6) is 0 Å². The molecule has 1 aromatic heterocycles. The smallest absolute Gasteiger partial charge is 0.0897 e. The summed E-state index contributed by atoms with van der Waals surface area (Å²) in [5.41, 5.74) is 1.15. The van der Waals surface area contributed by atoms with Crippen LogP contribution >= 0.6 is 0 Å². The van der Waals surface area contributed by atoms with Gasteiger partial charge in [-0.15, -0.1) is 0 Å². The Hall–Kier alpha value is -1.01. The lowest BCUT2D eigenvalue weighted by Crippen LogP contribution is -2.30. The highest BCUT2D eigenvalue weighted by atomic mass is 16.5. The number of nitrogens with one attached hydrogen (secondary N) is 1. The van der Waals surface area contributed by atoms with Crippen molar-refractivity contribution in [2.24, 2.45) is 0 Å². The maximum absolute atomic E-state index is 9.70. The van der Waals surface area contributed by atoms with Crippen molar-refractivity contribution in [2.45, 2.75) is 32.6 Å². The van der Waals surface area contributed by atoms with Gasteiger partial charge in [0.25, 0.3) is 0 Å². The summed E-state index contributed by atoms with van der Waals surface area (Å²) >= 11 is 0. The average molecular weight is 268 g/mol. The highest BCUT2D eigenvalue weighted by molar-refractivity contribution is 5.08. The van der Waals surface area contributed by atoms with Gasteiger partial charge in [-0.3, -0.25) is 4.98 Å². The van der Waals surface area contributed by atoms with Gasteiger partial charge < -0.3 is 19.9 Å². The first kappa shape index (κ1) is 16.0. The van der Waals surface area contributed by atoms with E-state index in [0.717, 1.165) is 12.1 Å². The number of hydrogen-bond donors (Lipinski definition) is 2. The second kappa shape index (κ2) is 9.86. The zero-order chi connectivity index (χ0) is 13.9. The summed E-state index contributed by atoms with van der Waals surface area (Å²) in [5.74, 6) is 0. The molecule has 0 saturated heterocycles. The molecule has 5 nitrogen and oxygen atoms in total. The summed E-state index contributed by atoms with van der Waals surface area (Å²) in [6, 6.07) is 3.89. The Balaban J connectivity index is 1.97. The third-order valence-corrected chi connectivity index (χ3v) is 2.45. The van der Waals surface area contributed by atoms with Crippen LogP contribution in [0.3, 0.4) is 0 Å². The van der Waals surface area contributed by atoms with E-state index < -0.39 is 6.10 Å². The number of rotatable bonds is 10. The molecule has 0 bridgehead atoms. The highest BCUT2D eigenvalue weighted by Gasteiger charge is 2.04. The molecular weight excluding hydrogens is 244 g/mol. The molecule has 0 radical (unpaired) electrons. The summed E-state index contributed by atoms with van der Waals surface area (Å²) in [4.78, 5) is 3.95. The molecule has 108 valence electrons. The monoisotopic (exact) mass is 268 g/mol. The van der Waals surface area contributed by atoms with Gasteiger partial charge in [-0.2, -0.15) is 0 Å². The standard InChI is InChI=1S/C14H24N2O3/c1-12(2)19-8-7-18-11-14(17)10-16-9-13-3-5-15-6-4-13/h3-6,12,14,16-17H,7-11H2,1-2H3. The van der Waals surface area contributed by atoms with Gasteiger partial charge in [-0.25, -0.2) is 0 Å². The molecule has 1 unspecified atom stereocenters. The molecule has 0 aromatic carbocycles. The number of aliphatic hydroxyl groups excluding tert-OH is 1.